The molecule has 0 radical (unpaired) electrons. The van der Waals surface area contributed by atoms with E-state index in [0.717, 1.165) is 17.0 Å². The first-order valence-electron chi connectivity index (χ1n) is 10.6. The van der Waals surface area contributed by atoms with Gasteiger partial charge in [0.1, 0.15) is 0 Å². The van der Waals surface area contributed by atoms with Crippen molar-refractivity contribution in [2.24, 2.45) is 0 Å². The Labute approximate surface area is 193 Å². The number of nitrogens with one attached hydrogen (secondary N) is 1. The van der Waals surface area contributed by atoms with Gasteiger partial charge in [-0.3, -0.25) is 9.89 Å². The summed E-state index contributed by atoms with van der Waals surface area (Å²) >= 11 is 1.69. The molecule has 0 unspecified atom stereocenters. The first-order valence-corrected chi connectivity index (χ1v) is 11.5. The first kappa shape index (κ1) is 19.6. The maximum Gasteiger partial charge on any atom is 0.254 e. The minimum absolute atomic E-state index is 0.00668. The van der Waals surface area contributed by atoms with Gasteiger partial charge in [-0.25, -0.2) is 4.98 Å². The van der Waals surface area contributed by atoms with Crippen LogP contribution in [0.5, 0.6) is 0 Å². The van der Waals surface area contributed by atoms with E-state index in [0.29, 0.717) is 42.7 Å². The van der Waals surface area contributed by atoms with Gasteiger partial charge < -0.3 is 9.47 Å². The number of carbonyl (C=O) groups is 1. The monoisotopic (exact) mass is 453 g/mol. The summed E-state index contributed by atoms with van der Waals surface area (Å²) in [7, 11) is 0. The summed E-state index contributed by atoms with van der Waals surface area (Å²) < 4.78 is 1.99. The molecule has 0 aliphatic carbocycles. The third-order valence-corrected chi connectivity index (χ3v) is 6.63. The molecule has 5 aromatic rings. The molecule has 0 saturated carbocycles. The molecular formula is C24H19N7OS. The van der Waals surface area contributed by atoms with Crippen LogP contribution in [-0.4, -0.2) is 47.3 Å². The highest BCUT2D eigenvalue weighted by molar-refractivity contribution is 7.13. The Morgan fingerprint density at radius 1 is 0.909 bits per heavy atom. The van der Waals surface area contributed by atoms with Gasteiger partial charge in [-0.2, -0.15) is 0 Å². The van der Waals surface area contributed by atoms with Crippen molar-refractivity contribution in [1.82, 2.24) is 34.8 Å². The molecule has 0 saturated heterocycles. The molecule has 1 aliphatic heterocycles. The van der Waals surface area contributed by atoms with E-state index in [1.807, 2.05) is 70.6 Å². The second-order valence-electron chi connectivity index (χ2n) is 7.75. The van der Waals surface area contributed by atoms with Crippen LogP contribution in [0.3, 0.4) is 0 Å². The zero-order chi connectivity index (χ0) is 22.2. The van der Waals surface area contributed by atoms with Crippen LogP contribution < -0.4 is 0 Å². The van der Waals surface area contributed by atoms with E-state index in [1.54, 1.807) is 16.2 Å². The Morgan fingerprint density at radius 3 is 2.55 bits per heavy atom. The number of thiophene rings is 1. The Morgan fingerprint density at radius 2 is 1.76 bits per heavy atom. The van der Waals surface area contributed by atoms with E-state index >= 15 is 0 Å². The summed E-state index contributed by atoms with van der Waals surface area (Å²) in [6.45, 7) is 1.56. The second kappa shape index (κ2) is 8.10. The van der Waals surface area contributed by atoms with Gasteiger partial charge in [-0.15, -0.1) is 26.6 Å². The highest BCUT2D eigenvalue weighted by Gasteiger charge is 2.27. The molecular weight excluding hydrogens is 434 g/mol. The molecule has 2 aromatic carbocycles. The number of benzene rings is 2. The van der Waals surface area contributed by atoms with Crippen molar-refractivity contribution in [2.75, 3.05) is 6.54 Å². The van der Waals surface area contributed by atoms with E-state index in [1.165, 1.54) is 4.88 Å². The second-order valence-corrected chi connectivity index (χ2v) is 8.69. The largest absolute Gasteiger partial charge is 0.329 e. The average molecular weight is 454 g/mol. The van der Waals surface area contributed by atoms with Gasteiger partial charge in [0, 0.05) is 29.1 Å². The summed E-state index contributed by atoms with van der Waals surface area (Å²) in [5.74, 6) is 2.51. The Hall–Kier alpha value is -4.11. The predicted molar refractivity (Wildman–Crippen MR) is 125 cm³/mol. The van der Waals surface area contributed by atoms with Gasteiger partial charge >= 0.3 is 0 Å². The number of H-pyrrole nitrogens is 1. The zero-order valence-corrected chi connectivity index (χ0v) is 18.4. The number of amides is 1. The number of hydrogen-bond acceptors (Lipinski definition) is 6. The first-order chi connectivity index (χ1) is 16.3. The molecule has 0 fully saturated rings. The predicted octanol–water partition coefficient (Wildman–Crippen LogP) is 4.11. The van der Waals surface area contributed by atoms with Crippen LogP contribution in [0, 0.1) is 0 Å². The lowest BCUT2D eigenvalue weighted by Gasteiger charge is -2.27. The van der Waals surface area contributed by atoms with Crippen molar-refractivity contribution in [3.63, 3.8) is 0 Å². The molecule has 33 heavy (non-hydrogen) atoms. The molecule has 0 spiro atoms. The smallest absolute Gasteiger partial charge is 0.254 e. The summed E-state index contributed by atoms with van der Waals surface area (Å²) in [5, 5.41) is 18.0. The zero-order valence-electron chi connectivity index (χ0n) is 17.5. The number of nitrogens with zero attached hydrogens (tertiary/aromatic N) is 6. The van der Waals surface area contributed by atoms with Crippen LogP contribution in [0.15, 0.2) is 72.1 Å². The van der Waals surface area contributed by atoms with Crippen molar-refractivity contribution in [3.05, 3.63) is 83.5 Å². The summed E-state index contributed by atoms with van der Waals surface area (Å²) in [5.41, 5.74) is 2.74. The number of aromatic nitrogens is 6. The summed E-state index contributed by atoms with van der Waals surface area (Å²) in [6.07, 6.45) is 0. The number of rotatable bonds is 4. The van der Waals surface area contributed by atoms with Gasteiger partial charge in [0.25, 0.3) is 5.91 Å². The molecule has 1 amide bonds. The van der Waals surface area contributed by atoms with Gasteiger partial charge in [-0.05, 0) is 29.1 Å². The SMILES string of the molecule is O=C(c1ccc(-c2cccs2)cc1)N1CCn2c(nnc2-c2n[nH]c(-c3ccccc3)n2)C1. The van der Waals surface area contributed by atoms with Crippen LogP contribution in [0.2, 0.25) is 0 Å². The fraction of sp³-hybridized carbons (Fsp3) is 0.125. The minimum Gasteiger partial charge on any atom is -0.329 e. The van der Waals surface area contributed by atoms with Crippen molar-refractivity contribution in [3.8, 4) is 33.5 Å². The molecule has 0 bridgehead atoms. The van der Waals surface area contributed by atoms with Gasteiger partial charge in [0.15, 0.2) is 11.6 Å². The van der Waals surface area contributed by atoms with E-state index in [9.17, 15) is 4.79 Å². The van der Waals surface area contributed by atoms with Crippen molar-refractivity contribution >= 4 is 17.2 Å². The van der Waals surface area contributed by atoms with Gasteiger partial charge in [0.05, 0.1) is 6.54 Å². The highest BCUT2D eigenvalue weighted by atomic mass is 32.1. The van der Waals surface area contributed by atoms with E-state index in [-0.39, 0.29) is 5.91 Å². The highest BCUT2D eigenvalue weighted by Crippen LogP contribution is 2.26. The fourth-order valence-corrected chi connectivity index (χ4v) is 4.72. The van der Waals surface area contributed by atoms with Crippen LogP contribution >= 0.6 is 11.3 Å². The quantitative estimate of drug-likeness (QED) is 0.442. The van der Waals surface area contributed by atoms with Crippen molar-refractivity contribution < 1.29 is 4.79 Å². The van der Waals surface area contributed by atoms with Gasteiger partial charge in [0.2, 0.25) is 11.6 Å². The van der Waals surface area contributed by atoms with Crippen molar-refractivity contribution in [2.45, 2.75) is 13.1 Å². The Bertz CT molecular complexity index is 1410. The molecule has 0 atom stereocenters. The molecule has 4 heterocycles. The van der Waals surface area contributed by atoms with Crippen molar-refractivity contribution in [1.29, 1.82) is 0 Å². The fourth-order valence-electron chi connectivity index (χ4n) is 3.99. The van der Waals surface area contributed by atoms with E-state index in [2.05, 4.69) is 31.4 Å². The standard InChI is InChI=1S/C24H19N7OS/c32-24(18-10-8-16(9-11-18)19-7-4-14-33-19)30-12-13-31-20(15-30)26-29-23(31)22-25-21(27-28-22)17-5-2-1-3-6-17/h1-11,14H,12-13,15H2,(H,25,27,28). The van der Waals surface area contributed by atoms with E-state index < -0.39 is 0 Å². The maximum atomic E-state index is 13.1. The van der Waals surface area contributed by atoms with E-state index in [4.69, 9.17) is 0 Å². The van der Waals surface area contributed by atoms with Crippen LogP contribution in [-0.2, 0) is 13.1 Å². The van der Waals surface area contributed by atoms with Crippen LogP contribution in [0.1, 0.15) is 16.2 Å². The Balaban J connectivity index is 1.20. The maximum absolute atomic E-state index is 13.1. The molecule has 9 heteroatoms. The summed E-state index contributed by atoms with van der Waals surface area (Å²) in [4.78, 5) is 20.7. The minimum atomic E-state index is -0.00668. The number of hydrogen-bond donors (Lipinski definition) is 1. The molecule has 1 N–H and O–H groups in total. The third-order valence-electron chi connectivity index (χ3n) is 5.71. The van der Waals surface area contributed by atoms with Gasteiger partial charge in [-0.1, -0.05) is 48.5 Å². The lowest BCUT2D eigenvalue weighted by atomic mass is 10.1. The Kier molecular flexibility index (Phi) is 4.80. The normalized spacial score (nSPS) is 13.2. The average Bonchev–Trinajstić information content (AvgIpc) is 3.64. The summed E-state index contributed by atoms with van der Waals surface area (Å²) in [6, 6.07) is 21.7. The number of fused-ring (bicyclic) bond motifs is 1. The number of carbonyl (C=O) groups excluding carboxylic acids is 1. The lowest BCUT2D eigenvalue weighted by Crippen LogP contribution is -2.38. The molecule has 162 valence electrons. The lowest BCUT2D eigenvalue weighted by molar-refractivity contribution is 0.0708. The third kappa shape index (κ3) is 3.62. The molecule has 3 aromatic heterocycles. The topological polar surface area (TPSA) is 92.6 Å². The molecule has 8 nitrogen and oxygen atoms in total. The molecule has 6 rings (SSSR count). The molecule has 1 aliphatic rings. The van der Waals surface area contributed by atoms with Crippen LogP contribution in [0.25, 0.3) is 33.5 Å². The van der Waals surface area contributed by atoms with Crippen LogP contribution in [0.4, 0.5) is 0 Å². The number of aromatic amines is 1.